The van der Waals surface area contributed by atoms with Crippen LogP contribution in [-0.4, -0.2) is 46.2 Å². The second-order valence-corrected chi connectivity index (χ2v) is 7.90. The van der Waals surface area contributed by atoms with Gasteiger partial charge in [-0.05, 0) is 38.7 Å². The van der Waals surface area contributed by atoms with Gasteiger partial charge < -0.3 is 20.1 Å². The molecule has 0 fully saturated rings. The molecule has 150 valence electrons. The minimum absolute atomic E-state index is 0.122. The summed E-state index contributed by atoms with van der Waals surface area (Å²) < 4.78 is 5.24. The van der Waals surface area contributed by atoms with Crippen molar-refractivity contribution in [2.75, 3.05) is 6.54 Å². The number of aliphatic carboxylic acids is 1. The normalized spacial score (nSPS) is 12.4. The largest absolute Gasteiger partial charge is 0.480 e. The Bertz CT molecular complexity index is 638. The zero-order valence-corrected chi connectivity index (χ0v) is 16.7. The molecule has 0 aromatic heterocycles. The quantitative estimate of drug-likeness (QED) is 0.725. The van der Waals surface area contributed by atoms with E-state index < -0.39 is 36.2 Å². The molecule has 0 unspecified atom stereocenters. The maximum Gasteiger partial charge on any atom is 0.408 e. The van der Waals surface area contributed by atoms with Gasteiger partial charge in [-0.3, -0.25) is 9.59 Å². The van der Waals surface area contributed by atoms with Gasteiger partial charge in [-0.25, -0.2) is 4.79 Å². The van der Waals surface area contributed by atoms with Crippen LogP contribution >= 0.6 is 0 Å². The number of carboxylic acids is 1. The molecule has 0 saturated carbocycles. The third kappa shape index (κ3) is 9.08. The monoisotopic (exact) mass is 378 g/mol. The number of alkyl carbamates (subject to hydrolysis) is 1. The van der Waals surface area contributed by atoms with E-state index in [-0.39, 0.29) is 12.5 Å². The van der Waals surface area contributed by atoms with Gasteiger partial charge >= 0.3 is 12.1 Å². The maximum atomic E-state index is 13.0. The Balaban J connectivity index is 2.98. The first-order chi connectivity index (χ1) is 12.5. The van der Waals surface area contributed by atoms with Gasteiger partial charge in [0.2, 0.25) is 5.91 Å². The predicted molar refractivity (Wildman–Crippen MR) is 102 cm³/mol. The lowest BCUT2D eigenvalue weighted by Crippen LogP contribution is -2.51. The van der Waals surface area contributed by atoms with Gasteiger partial charge in [0, 0.05) is 6.54 Å². The summed E-state index contributed by atoms with van der Waals surface area (Å²) in [7, 11) is 0. The Morgan fingerprint density at radius 2 is 1.74 bits per heavy atom. The zero-order valence-electron chi connectivity index (χ0n) is 16.7. The van der Waals surface area contributed by atoms with Crippen LogP contribution in [0.15, 0.2) is 30.3 Å². The van der Waals surface area contributed by atoms with Crippen molar-refractivity contribution in [1.29, 1.82) is 0 Å². The number of carbonyl (C=O) groups excluding carboxylic acids is 2. The number of rotatable bonds is 8. The molecule has 0 aliphatic heterocycles. The zero-order chi connectivity index (χ0) is 20.6. The lowest BCUT2D eigenvalue weighted by Gasteiger charge is -2.29. The SMILES string of the molecule is CC(C)C[C@H](NC(=O)OC(C)(C)C)C(=O)N(CC(=O)O)Cc1ccccc1. The van der Waals surface area contributed by atoms with Crippen molar-refractivity contribution in [2.24, 2.45) is 5.92 Å². The summed E-state index contributed by atoms with van der Waals surface area (Å²) >= 11 is 0. The average molecular weight is 378 g/mol. The summed E-state index contributed by atoms with van der Waals surface area (Å²) in [4.78, 5) is 37.6. The van der Waals surface area contributed by atoms with Crippen molar-refractivity contribution < 1.29 is 24.2 Å². The summed E-state index contributed by atoms with van der Waals surface area (Å²) in [5.74, 6) is -1.43. The van der Waals surface area contributed by atoms with Crippen LogP contribution in [0.25, 0.3) is 0 Å². The summed E-state index contributed by atoms with van der Waals surface area (Å²) in [6, 6.07) is 8.27. The van der Waals surface area contributed by atoms with E-state index in [1.807, 2.05) is 44.2 Å². The van der Waals surface area contributed by atoms with Gasteiger partial charge in [-0.15, -0.1) is 0 Å². The first-order valence-electron chi connectivity index (χ1n) is 9.02. The lowest BCUT2D eigenvalue weighted by atomic mass is 10.0. The van der Waals surface area contributed by atoms with Crippen LogP contribution in [0.1, 0.15) is 46.6 Å². The van der Waals surface area contributed by atoms with Crippen LogP contribution in [0.2, 0.25) is 0 Å². The fourth-order valence-corrected chi connectivity index (χ4v) is 2.54. The van der Waals surface area contributed by atoms with Crippen LogP contribution in [0.3, 0.4) is 0 Å². The van der Waals surface area contributed by atoms with E-state index in [1.165, 1.54) is 4.90 Å². The standard InChI is InChI=1S/C20H30N2O5/c1-14(2)11-16(21-19(26)27-20(3,4)5)18(25)22(13-17(23)24)12-15-9-7-6-8-10-15/h6-10,14,16H,11-13H2,1-5H3,(H,21,26)(H,23,24)/t16-/m0/s1. The molecule has 1 aromatic rings. The van der Waals surface area contributed by atoms with Crippen molar-refractivity contribution in [1.82, 2.24) is 10.2 Å². The van der Waals surface area contributed by atoms with E-state index in [2.05, 4.69) is 5.32 Å². The van der Waals surface area contributed by atoms with Gasteiger partial charge in [-0.2, -0.15) is 0 Å². The molecule has 1 rings (SSSR count). The minimum Gasteiger partial charge on any atom is -0.480 e. The fourth-order valence-electron chi connectivity index (χ4n) is 2.54. The summed E-state index contributed by atoms with van der Waals surface area (Å²) in [6.07, 6.45) is -0.320. The first-order valence-corrected chi connectivity index (χ1v) is 9.02. The molecule has 2 N–H and O–H groups in total. The molecule has 7 heteroatoms. The van der Waals surface area contributed by atoms with Crippen molar-refractivity contribution in [2.45, 2.75) is 59.2 Å². The topological polar surface area (TPSA) is 95.9 Å². The highest BCUT2D eigenvalue weighted by atomic mass is 16.6. The van der Waals surface area contributed by atoms with Gasteiger partial charge in [0.15, 0.2) is 0 Å². The molecule has 0 radical (unpaired) electrons. The summed E-state index contributed by atoms with van der Waals surface area (Å²) in [5.41, 5.74) is 0.119. The smallest absolute Gasteiger partial charge is 0.408 e. The molecular formula is C20H30N2O5. The number of carbonyl (C=O) groups is 3. The highest BCUT2D eigenvalue weighted by Crippen LogP contribution is 2.13. The van der Waals surface area contributed by atoms with Crippen molar-refractivity contribution in [3.63, 3.8) is 0 Å². The molecule has 0 saturated heterocycles. The molecule has 0 bridgehead atoms. The third-order valence-electron chi connectivity index (χ3n) is 3.55. The summed E-state index contributed by atoms with van der Waals surface area (Å²) in [6.45, 7) is 8.76. The maximum absolute atomic E-state index is 13.0. The number of amides is 2. The van der Waals surface area contributed by atoms with Crippen LogP contribution < -0.4 is 5.32 Å². The first kappa shape index (κ1) is 22.5. The van der Waals surface area contributed by atoms with Crippen LogP contribution in [0, 0.1) is 5.92 Å². The van der Waals surface area contributed by atoms with Gasteiger partial charge in [0.05, 0.1) is 0 Å². The fraction of sp³-hybridized carbons (Fsp3) is 0.550. The molecule has 0 aliphatic rings. The second kappa shape index (κ2) is 9.94. The number of carboxylic acid groups (broad SMARTS) is 1. The number of nitrogens with one attached hydrogen (secondary N) is 1. The molecule has 0 spiro atoms. The lowest BCUT2D eigenvalue weighted by molar-refractivity contribution is -0.146. The van der Waals surface area contributed by atoms with E-state index in [1.54, 1.807) is 20.8 Å². The molecule has 0 heterocycles. The van der Waals surface area contributed by atoms with Crippen molar-refractivity contribution in [3.8, 4) is 0 Å². The minimum atomic E-state index is -1.11. The van der Waals surface area contributed by atoms with Crippen molar-refractivity contribution >= 4 is 18.0 Å². The molecular weight excluding hydrogens is 348 g/mol. The third-order valence-corrected chi connectivity index (χ3v) is 3.55. The van der Waals surface area contributed by atoms with Crippen LogP contribution in [0.5, 0.6) is 0 Å². The molecule has 2 amide bonds. The van der Waals surface area contributed by atoms with Gasteiger partial charge in [0.1, 0.15) is 18.2 Å². The van der Waals surface area contributed by atoms with Crippen LogP contribution in [0.4, 0.5) is 4.79 Å². The Kier molecular flexibility index (Phi) is 8.28. The molecule has 7 nitrogen and oxygen atoms in total. The number of hydrogen-bond acceptors (Lipinski definition) is 4. The van der Waals surface area contributed by atoms with Gasteiger partial charge in [0.25, 0.3) is 0 Å². The highest BCUT2D eigenvalue weighted by Gasteiger charge is 2.29. The number of nitrogens with zero attached hydrogens (tertiary/aromatic N) is 1. The Morgan fingerprint density at radius 1 is 1.15 bits per heavy atom. The van der Waals surface area contributed by atoms with Gasteiger partial charge in [-0.1, -0.05) is 44.2 Å². The summed E-state index contributed by atoms with van der Waals surface area (Å²) in [5, 5.41) is 11.8. The molecule has 1 atom stereocenters. The predicted octanol–water partition coefficient (Wildman–Crippen LogP) is 3.04. The molecule has 1 aromatic carbocycles. The number of benzene rings is 1. The average Bonchev–Trinajstić information content (AvgIpc) is 2.51. The van der Waals surface area contributed by atoms with Crippen LogP contribution in [-0.2, 0) is 20.9 Å². The molecule has 27 heavy (non-hydrogen) atoms. The van der Waals surface area contributed by atoms with Crippen molar-refractivity contribution in [3.05, 3.63) is 35.9 Å². The number of hydrogen-bond donors (Lipinski definition) is 2. The Morgan fingerprint density at radius 3 is 2.22 bits per heavy atom. The Hall–Kier alpha value is -2.57. The van der Waals surface area contributed by atoms with E-state index in [9.17, 15) is 19.5 Å². The Labute approximate surface area is 160 Å². The van der Waals surface area contributed by atoms with E-state index in [0.717, 1.165) is 5.56 Å². The molecule has 0 aliphatic carbocycles. The second-order valence-electron chi connectivity index (χ2n) is 7.90. The number of ether oxygens (including phenoxy) is 1. The van der Waals surface area contributed by atoms with E-state index in [0.29, 0.717) is 6.42 Å². The van der Waals surface area contributed by atoms with E-state index in [4.69, 9.17) is 4.74 Å². The highest BCUT2D eigenvalue weighted by molar-refractivity contribution is 5.88. The van der Waals surface area contributed by atoms with E-state index >= 15 is 0 Å².